The van der Waals surface area contributed by atoms with E-state index in [1.165, 1.54) is 19.1 Å². The lowest BCUT2D eigenvalue weighted by Gasteiger charge is -2.18. The summed E-state index contributed by atoms with van der Waals surface area (Å²) in [5.74, 6) is -2.33. The Kier molecular flexibility index (Phi) is 11.3. The molecular formula is C36H40FN3O5. The first kappa shape index (κ1) is 33.1. The number of benzene rings is 3. The number of hydrogen-bond donors (Lipinski definition) is 4. The molecule has 236 valence electrons. The molecule has 0 saturated carbocycles. The topological polar surface area (TPSA) is 121 Å². The minimum atomic E-state index is -1.14. The number of rotatable bonds is 14. The number of carboxylic acids is 1. The van der Waals surface area contributed by atoms with Crippen molar-refractivity contribution in [2.45, 2.75) is 71.1 Å². The van der Waals surface area contributed by atoms with E-state index in [2.05, 4.69) is 15.2 Å². The van der Waals surface area contributed by atoms with Gasteiger partial charge in [-0.1, -0.05) is 62.4 Å². The molecule has 2 amide bonds. The summed E-state index contributed by atoms with van der Waals surface area (Å²) in [6, 6.07) is 24.2. The quantitative estimate of drug-likeness (QED) is 0.116. The van der Waals surface area contributed by atoms with Gasteiger partial charge in [-0.25, -0.2) is 4.39 Å². The van der Waals surface area contributed by atoms with E-state index in [9.17, 15) is 23.9 Å². The summed E-state index contributed by atoms with van der Waals surface area (Å²) in [5.41, 5.74) is 5.22. The number of hydrogen-bond acceptors (Lipinski definition) is 4. The monoisotopic (exact) mass is 613 g/mol. The number of nitrogens with zero attached hydrogens (tertiary/aromatic N) is 1. The molecule has 0 fully saturated rings. The first-order chi connectivity index (χ1) is 21.6. The summed E-state index contributed by atoms with van der Waals surface area (Å²) in [4.78, 5) is 37.3. The summed E-state index contributed by atoms with van der Waals surface area (Å²) in [6.45, 7) is 5.95. The molecule has 4 N–H and O–H groups in total. The Morgan fingerprint density at radius 1 is 0.844 bits per heavy atom. The van der Waals surface area contributed by atoms with Crippen molar-refractivity contribution >= 4 is 23.5 Å². The predicted molar refractivity (Wildman–Crippen MR) is 173 cm³/mol. The zero-order valence-corrected chi connectivity index (χ0v) is 25.8. The largest absolute Gasteiger partial charge is 0.480 e. The molecule has 0 bridgehead atoms. The molecule has 8 nitrogen and oxygen atoms in total. The lowest BCUT2D eigenvalue weighted by molar-refractivity contribution is -0.141. The minimum absolute atomic E-state index is 0.0521. The average molecular weight is 614 g/mol. The molecule has 2 unspecified atom stereocenters. The Balaban J connectivity index is 1.71. The van der Waals surface area contributed by atoms with Gasteiger partial charge in [0, 0.05) is 23.5 Å². The number of anilines is 1. The van der Waals surface area contributed by atoms with Gasteiger partial charge >= 0.3 is 5.97 Å². The second-order valence-electron chi connectivity index (χ2n) is 11.5. The third-order valence-electron chi connectivity index (χ3n) is 7.63. The molecule has 0 aliphatic heterocycles. The molecule has 0 radical (unpaired) electrons. The SMILES string of the molecule is CC(NC(=O)CC(O)CCCCn1c(-c2ccc(F)cc2)c(-c2ccccc2)c(C(=O)Nc2ccccc2)c1C(C)C)C(=O)O. The van der Waals surface area contributed by atoms with Gasteiger partial charge in [-0.2, -0.15) is 0 Å². The Bertz CT molecular complexity index is 1600. The van der Waals surface area contributed by atoms with Gasteiger partial charge in [0.1, 0.15) is 11.9 Å². The van der Waals surface area contributed by atoms with E-state index in [0.717, 1.165) is 28.1 Å². The van der Waals surface area contributed by atoms with E-state index in [1.54, 1.807) is 12.1 Å². The number of aliphatic hydroxyl groups is 1. The minimum Gasteiger partial charge on any atom is -0.480 e. The first-order valence-corrected chi connectivity index (χ1v) is 15.2. The standard InChI is InChI=1S/C36H40FN3O5/c1-23(2)33-32(35(43)39-28-14-8-5-9-15-28)31(25-12-6-4-7-13-25)34(26-17-19-27(37)20-18-26)40(33)21-11-10-16-29(41)22-30(42)38-24(3)36(44)45/h4-9,12-15,17-20,23-24,29,41H,10-11,16,21-22H2,1-3H3,(H,38,42)(H,39,43)(H,44,45). The Morgan fingerprint density at radius 2 is 1.47 bits per heavy atom. The highest BCUT2D eigenvalue weighted by Gasteiger charge is 2.30. The lowest BCUT2D eigenvalue weighted by Crippen LogP contribution is -2.39. The van der Waals surface area contributed by atoms with Crippen molar-refractivity contribution in [3.8, 4) is 22.4 Å². The van der Waals surface area contributed by atoms with Gasteiger partial charge in [-0.05, 0) is 79.6 Å². The summed E-state index contributed by atoms with van der Waals surface area (Å²) < 4.78 is 16.2. The maximum absolute atomic E-state index is 14.1. The number of nitrogens with one attached hydrogen (secondary N) is 2. The molecule has 45 heavy (non-hydrogen) atoms. The summed E-state index contributed by atoms with van der Waals surface area (Å²) in [7, 11) is 0. The molecule has 0 aliphatic carbocycles. The Hall–Kier alpha value is -4.76. The van der Waals surface area contributed by atoms with Crippen molar-refractivity contribution in [3.05, 3.63) is 102 Å². The summed E-state index contributed by atoms with van der Waals surface area (Å²) in [6.07, 6.45) is 0.422. The number of carbonyl (C=O) groups excluding carboxylic acids is 2. The third kappa shape index (κ3) is 8.45. The second kappa shape index (κ2) is 15.3. The van der Waals surface area contributed by atoms with Crippen LogP contribution in [0.1, 0.15) is 68.4 Å². The van der Waals surface area contributed by atoms with Crippen molar-refractivity contribution < 1.29 is 29.0 Å². The molecule has 1 heterocycles. The average Bonchev–Trinajstić information content (AvgIpc) is 3.36. The third-order valence-corrected chi connectivity index (χ3v) is 7.63. The fraction of sp³-hybridized carbons (Fsp3) is 0.306. The summed E-state index contributed by atoms with van der Waals surface area (Å²) >= 11 is 0. The Labute approximate surface area is 262 Å². The smallest absolute Gasteiger partial charge is 0.325 e. The second-order valence-corrected chi connectivity index (χ2v) is 11.5. The van der Waals surface area contributed by atoms with E-state index in [1.807, 2.05) is 74.5 Å². The highest BCUT2D eigenvalue weighted by Crippen LogP contribution is 2.42. The number of para-hydroxylation sites is 1. The van der Waals surface area contributed by atoms with Crippen LogP contribution in [0.5, 0.6) is 0 Å². The number of amides is 2. The van der Waals surface area contributed by atoms with Crippen LogP contribution in [0, 0.1) is 5.82 Å². The molecule has 2 atom stereocenters. The van der Waals surface area contributed by atoms with E-state index < -0.39 is 24.0 Å². The van der Waals surface area contributed by atoms with Crippen LogP contribution < -0.4 is 10.6 Å². The highest BCUT2D eigenvalue weighted by molar-refractivity contribution is 6.12. The van der Waals surface area contributed by atoms with Crippen LogP contribution in [0.4, 0.5) is 10.1 Å². The summed E-state index contributed by atoms with van der Waals surface area (Å²) in [5, 5.41) is 24.9. The van der Waals surface area contributed by atoms with Crippen molar-refractivity contribution in [3.63, 3.8) is 0 Å². The Morgan fingerprint density at radius 3 is 2.07 bits per heavy atom. The maximum Gasteiger partial charge on any atom is 0.325 e. The number of unbranched alkanes of at least 4 members (excludes halogenated alkanes) is 1. The van der Waals surface area contributed by atoms with Gasteiger partial charge in [0.25, 0.3) is 5.91 Å². The molecule has 4 rings (SSSR count). The lowest BCUT2D eigenvalue weighted by atomic mass is 9.94. The van der Waals surface area contributed by atoms with Gasteiger partial charge in [0.2, 0.25) is 5.91 Å². The van der Waals surface area contributed by atoms with Crippen molar-refractivity contribution in [1.29, 1.82) is 0 Å². The number of aromatic nitrogens is 1. The van der Waals surface area contributed by atoms with E-state index in [-0.39, 0.29) is 24.1 Å². The van der Waals surface area contributed by atoms with Crippen LogP contribution in [0.3, 0.4) is 0 Å². The molecule has 4 aromatic rings. The van der Waals surface area contributed by atoms with Gasteiger partial charge < -0.3 is 25.4 Å². The highest BCUT2D eigenvalue weighted by atomic mass is 19.1. The number of carboxylic acid groups (broad SMARTS) is 1. The van der Waals surface area contributed by atoms with Crippen molar-refractivity contribution in [1.82, 2.24) is 9.88 Å². The van der Waals surface area contributed by atoms with E-state index in [4.69, 9.17) is 5.11 Å². The predicted octanol–water partition coefficient (Wildman–Crippen LogP) is 6.85. The van der Waals surface area contributed by atoms with Crippen LogP contribution in [-0.2, 0) is 16.1 Å². The number of halogens is 1. The number of carbonyl (C=O) groups is 3. The molecular weight excluding hydrogens is 573 g/mol. The zero-order valence-electron chi connectivity index (χ0n) is 25.8. The maximum atomic E-state index is 14.1. The first-order valence-electron chi connectivity index (χ1n) is 15.2. The van der Waals surface area contributed by atoms with Crippen molar-refractivity contribution in [2.24, 2.45) is 0 Å². The van der Waals surface area contributed by atoms with Crippen molar-refractivity contribution in [2.75, 3.05) is 5.32 Å². The molecule has 9 heteroatoms. The number of aliphatic carboxylic acids is 1. The van der Waals surface area contributed by atoms with Gasteiger partial charge in [0.15, 0.2) is 0 Å². The van der Waals surface area contributed by atoms with Gasteiger partial charge in [-0.3, -0.25) is 14.4 Å². The number of aliphatic hydroxyl groups excluding tert-OH is 1. The van der Waals surface area contributed by atoms with Crippen LogP contribution >= 0.6 is 0 Å². The fourth-order valence-electron chi connectivity index (χ4n) is 5.54. The van der Waals surface area contributed by atoms with Crippen LogP contribution in [0.15, 0.2) is 84.9 Å². The molecule has 1 aromatic heterocycles. The fourth-order valence-corrected chi connectivity index (χ4v) is 5.54. The molecule has 0 aliphatic rings. The normalized spacial score (nSPS) is 12.5. The zero-order chi connectivity index (χ0) is 32.5. The van der Waals surface area contributed by atoms with Crippen LogP contribution in [-0.4, -0.2) is 44.7 Å². The van der Waals surface area contributed by atoms with Crippen LogP contribution in [0.25, 0.3) is 22.4 Å². The molecule has 0 saturated heterocycles. The van der Waals surface area contributed by atoms with E-state index >= 15 is 0 Å². The molecule has 0 spiro atoms. The van der Waals surface area contributed by atoms with Gasteiger partial charge in [0.05, 0.1) is 23.8 Å². The molecule has 3 aromatic carbocycles. The van der Waals surface area contributed by atoms with Crippen LogP contribution in [0.2, 0.25) is 0 Å². The van der Waals surface area contributed by atoms with Gasteiger partial charge in [-0.15, -0.1) is 0 Å². The van der Waals surface area contributed by atoms with E-state index in [0.29, 0.717) is 37.1 Å².